The van der Waals surface area contributed by atoms with Gasteiger partial charge in [0.15, 0.2) is 6.33 Å². The Morgan fingerprint density at radius 2 is 1.48 bits per heavy atom. The Hall–Kier alpha value is -3.07. The van der Waals surface area contributed by atoms with Crippen molar-refractivity contribution in [1.82, 2.24) is 20.2 Å². The quantitative estimate of drug-likeness (QED) is 0.466. The van der Waals surface area contributed by atoms with E-state index in [9.17, 15) is 21.4 Å². The van der Waals surface area contributed by atoms with Crippen LogP contribution in [0.3, 0.4) is 0 Å². The zero-order valence-electron chi connectivity index (χ0n) is 13.1. The summed E-state index contributed by atoms with van der Waals surface area (Å²) in [6, 6.07) is 8.63. The van der Waals surface area contributed by atoms with Gasteiger partial charge in [0.05, 0.1) is 16.3 Å². The van der Waals surface area contributed by atoms with Crippen molar-refractivity contribution in [2.45, 2.75) is 9.79 Å². The minimum absolute atomic E-state index is 0.0357. The molecule has 2 aromatic carbocycles. The van der Waals surface area contributed by atoms with Crippen molar-refractivity contribution in [3.63, 3.8) is 0 Å². The lowest BCUT2D eigenvalue weighted by Crippen LogP contribution is -2.08. The van der Waals surface area contributed by atoms with Crippen LogP contribution in [0.15, 0.2) is 68.8 Å². The van der Waals surface area contributed by atoms with Crippen LogP contribution in [-0.2, 0) is 20.2 Å². The number of aromatic nitrogens is 4. The number of rotatable bonds is 5. The van der Waals surface area contributed by atoms with E-state index in [4.69, 9.17) is 4.55 Å². The first kappa shape index (κ1) is 18.7. The molecule has 0 saturated carbocycles. The zero-order chi connectivity index (χ0) is 19.7. The van der Waals surface area contributed by atoms with Gasteiger partial charge in [-0.3, -0.25) is 9.11 Å². The van der Waals surface area contributed by atoms with Crippen molar-refractivity contribution in [1.29, 1.82) is 0 Å². The Morgan fingerprint density at radius 3 is 2.04 bits per heavy atom. The monoisotopic (exact) mass is 410 g/mol. The minimum Gasteiger partial charge on any atom is -0.282 e. The summed E-state index contributed by atoms with van der Waals surface area (Å²) in [5.74, 6) is 0. The second-order valence-corrected chi connectivity index (χ2v) is 7.83. The van der Waals surface area contributed by atoms with Crippen molar-refractivity contribution in [3.8, 4) is 5.69 Å². The first-order valence-electron chi connectivity index (χ1n) is 6.99. The van der Waals surface area contributed by atoms with E-state index in [1.165, 1.54) is 24.3 Å². The van der Waals surface area contributed by atoms with Gasteiger partial charge >= 0.3 is 0 Å². The molecular formula is C13H10N6O6S2. The Labute approximate surface area is 152 Å². The lowest BCUT2D eigenvalue weighted by Gasteiger charge is -2.05. The van der Waals surface area contributed by atoms with Gasteiger partial charge in [-0.25, -0.2) is 0 Å². The second-order valence-electron chi connectivity index (χ2n) is 5.02. The van der Waals surface area contributed by atoms with Crippen molar-refractivity contribution in [3.05, 3.63) is 48.8 Å². The van der Waals surface area contributed by atoms with Crippen LogP contribution < -0.4 is 0 Å². The minimum atomic E-state index is -4.61. The predicted octanol–water partition coefficient (Wildman–Crippen LogP) is 1.57. The van der Waals surface area contributed by atoms with Crippen molar-refractivity contribution in [2.75, 3.05) is 0 Å². The largest absolute Gasteiger partial charge is 0.296 e. The maximum absolute atomic E-state index is 11.6. The zero-order valence-corrected chi connectivity index (χ0v) is 14.8. The molecule has 140 valence electrons. The van der Waals surface area contributed by atoms with Crippen LogP contribution in [0.5, 0.6) is 0 Å². The van der Waals surface area contributed by atoms with E-state index in [-0.39, 0.29) is 22.0 Å². The molecule has 14 heteroatoms. The van der Waals surface area contributed by atoms with Gasteiger partial charge in [0, 0.05) is 0 Å². The van der Waals surface area contributed by atoms with Crippen LogP contribution in [0.2, 0.25) is 0 Å². The molecule has 1 aromatic heterocycles. The Bertz CT molecular complexity index is 1200. The molecular weight excluding hydrogens is 400 g/mol. The van der Waals surface area contributed by atoms with Gasteiger partial charge in [-0.2, -0.15) is 27.1 Å². The average molecular weight is 410 g/mol. The number of hydrogen-bond acceptors (Lipinski definition) is 9. The molecule has 27 heavy (non-hydrogen) atoms. The first-order valence-corrected chi connectivity index (χ1v) is 9.87. The summed E-state index contributed by atoms with van der Waals surface area (Å²) in [6.07, 6.45) is 1.09. The first-order chi connectivity index (χ1) is 12.6. The molecule has 0 atom stereocenters. The van der Waals surface area contributed by atoms with Crippen LogP contribution in [0.1, 0.15) is 0 Å². The Balaban J connectivity index is 1.95. The van der Waals surface area contributed by atoms with E-state index in [2.05, 4.69) is 25.6 Å². The number of nitrogens with zero attached hydrogens (tertiary/aromatic N) is 6. The molecule has 0 radical (unpaired) electrons. The molecule has 3 rings (SSSR count). The summed E-state index contributed by atoms with van der Waals surface area (Å²) in [7, 11) is -8.93. The lowest BCUT2D eigenvalue weighted by molar-refractivity contribution is 0.480. The molecule has 0 unspecified atom stereocenters. The van der Waals surface area contributed by atoms with Gasteiger partial charge in [-0.05, 0) is 47.7 Å². The second kappa shape index (κ2) is 6.92. The van der Waals surface area contributed by atoms with Crippen LogP contribution in [-0.4, -0.2) is 46.1 Å². The number of benzene rings is 2. The lowest BCUT2D eigenvalue weighted by atomic mass is 10.3. The Morgan fingerprint density at radius 1 is 0.852 bits per heavy atom. The molecule has 0 amide bonds. The van der Waals surface area contributed by atoms with Gasteiger partial charge in [-0.15, -0.1) is 15.0 Å². The summed E-state index contributed by atoms with van der Waals surface area (Å²) in [5, 5.41) is 18.4. The smallest absolute Gasteiger partial charge is 0.282 e. The molecule has 12 nitrogen and oxygen atoms in total. The fourth-order valence-corrected chi connectivity index (χ4v) is 3.18. The van der Waals surface area contributed by atoms with Crippen LogP contribution >= 0.6 is 0 Å². The van der Waals surface area contributed by atoms with Crippen LogP contribution in [0.25, 0.3) is 5.69 Å². The van der Waals surface area contributed by atoms with E-state index in [1.54, 1.807) is 0 Å². The number of tetrazole rings is 1. The molecule has 1 heterocycles. The van der Waals surface area contributed by atoms with Gasteiger partial charge in [0.25, 0.3) is 20.2 Å². The average Bonchev–Trinajstić information content (AvgIpc) is 3.13. The molecule has 0 aliphatic carbocycles. The molecule has 0 saturated heterocycles. The normalized spacial score (nSPS) is 12.5. The third kappa shape index (κ3) is 4.37. The summed E-state index contributed by atoms with van der Waals surface area (Å²) in [6.45, 7) is 0. The van der Waals surface area contributed by atoms with E-state index in [0.717, 1.165) is 29.3 Å². The molecule has 0 fully saturated rings. The van der Waals surface area contributed by atoms with Crippen LogP contribution in [0.4, 0.5) is 11.4 Å². The van der Waals surface area contributed by atoms with Crippen molar-refractivity contribution in [2.24, 2.45) is 10.2 Å². The fourth-order valence-electron chi connectivity index (χ4n) is 2.01. The number of hydrogen-bond donors (Lipinski definition) is 2. The maximum atomic E-state index is 11.6. The number of azo groups is 1. The highest BCUT2D eigenvalue weighted by atomic mass is 32.2. The van der Waals surface area contributed by atoms with Gasteiger partial charge in [0.2, 0.25) is 0 Å². The molecule has 0 bridgehead atoms. The SMILES string of the molecule is O=S(=O)(O)c1ccc(N=Nc2ccc(-n3ncnn3)c(S(=O)(=O)O)c2)cc1. The predicted molar refractivity (Wildman–Crippen MR) is 89.4 cm³/mol. The highest BCUT2D eigenvalue weighted by molar-refractivity contribution is 7.86. The van der Waals surface area contributed by atoms with Gasteiger partial charge in [-0.1, -0.05) is 0 Å². The van der Waals surface area contributed by atoms with Crippen molar-refractivity contribution < 1.29 is 25.9 Å². The van der Waals surface area contributed by atoms with E-state index >= 15 is 0 Å². The summed E-state index contributed by atoms with van der Waals surface area (Å²) in [5.41, 5.74) is 0.301. The van der Waals surface area contributed by atoms with Gasteiger partial charge in [0.1, 0.15) is 10.6 Å². The van der Waals surface area contributed by atoms with Crippen molar-refractivity contribution >= 4 is 31.6 Å². The molecule has 0 aliphatic rings. The van der Waals surface area contributed by atoms with E-state index < -0.39 is 25.1 Å². The topological polar surface area (TPSA) is 177 Å². The highest BCUT2D eigenvalue weighted by Crippen LogP contribution is 2.26. The molecule has 3 aromatic rings. The molecule has 0 aliphatic heterocycles. The third-order valence-corrected chi connectivity index (χ3v) is 4.95. The van der Waals surface area contributed by atoms with Gasteiger partial charge < -0.3 is 0 Å². The molecule has 2 N–H and O–H groups in total. The third-order valence-electron chi connectivity index (χ3n) is 3.20. The van der Waals surface area contributed by atoms with Crippen LogP contribution in [0, 0.1) is 0 Å². The summed E-state index contributed by atoms with van der Waals surface area (Å²) < 4.78 is 63.6. The summed E-state index contributed by atoms with van der Waals surface area (Å²) in [4.78, 5) is 0.108. The molecule has 0 spiro atoms. The highest BCUT2D eigenvalue weighted by Gasteiger charge is 2.19. The Kier molecular flexibility index (Phi) is 4.79. The summed E-state index contributed by atoms with van der Waals surface area (Å²) >= 11 is 0. The van der Waals surface area contributed by atoms with E-state index in [0.29, 0.717) is 0 Å². The maximum Gasteiger partial charge on any atom is 0.296 e. The van der Waals surface area contributed by atoms with E-state index in [1.807, 2.05) is 0 Å². The standard InChI is InChI=1S/C13H10N6O6S2/c20-26(21,22)11-4-1-9(2-5-11)16-17-10-3-6-12(19-15-8-14-18-19)13(7-10)27(23,24)25/h1-8H,(H,20,21,22)(H,23,24,25). The fraction of sp³-hybridized carbons (Fsp3) is 0.